The summed E-state index contributed by atoms with van der Waals surface area (Å²) in [7, 11) is 0. The van der Waals surface area contributed by atoms with Crippen LogP contribution in [0.25, 0.3) is 0 Å². The van der Waals surface area contributed by atoms with Crippen LogP contribution >= 0.6 is 0 Å². The molecule has 0 saturated heterocycles. The normalized spacial score (nSPS) is 11.4. The second kappa shape index (κ2) is 9.57. The molecule has 5 nitrogen and oxygen atoms in total. The number of ketones is 1. The van der Waals surface area contributed by atoms with E-state index >= 15 is 0 Å². The minimum atomic E-state index is -0.993. The first-order valence-corrected chi connectivity index (χ1v) is 8.16. The van der Waals surface area contributed by atoms with Crippen molar-refractivity contribution in [3.05, 3.63) is 54.6 Å². The molecule has 0 radical (unpaired) electrons. The van der Waals surface area contributed by atoms with Crippen molar-refractivity contribution in [3.8, 4) is 0 Å². The first-order chi connectivity index (χ1) is 11.8. The highest BCUT2D eigenvalue weighted by Crippen LogP contribution is 2.29. The molecule has 0 aliphatic rings. The Hall–Kier alpha value is -2.69. The summed E-state index contributed by atoms with van der Waals surface area (Å²) in [6.45, 7) is 10.4. The van der Waals surface area contributed by atoms with E-state index in [1.807, 2.05) is 18.2 Å². The summed E-state index contributed by atoms with van der Waals surface area (Å²) in [5.41, 5.74) is 2.38. The zero-order valence-electron chi connectivity index (χ0n) is 14.8. The summed E-state index contributed by atoms with van der Waals surface area (Å²) in [6, 6.07) is 5.64. The van der Waals surface area contributed by atoms with E-state index in [4.69, 9.17) is 0 Å². The molecule has 1 rings (SSSR count). The van der Waals surface area contributed by atoms with E-state index in [0.29, 0.717) is 18.5 Å². The van der Waals surface area contributed by atoms with Gasteiger partial charge in [-0.15, -0.1) is 13.2 Å². The van der Waals surface area contributed by atoms with Gasteiger partial charge in [0, 0.05) is 6.54 Å². The maximum atomic E-state index is 12.7. The van der Waals surface area contributed by atoms with Crippen LogP contribution in [0.1, 0.15) is 31.4 Å². The Kier molecular flexibility index (Phi) is 7.79. The Labute approximate surface area is 148 Å². The Morgan fingerprint density at radius 3 is 2.08 bits per heavy atom. The fourth-order valence-corrected chi connectivity index (χ4v) is 2.61. The summed E-state index contributed by atoms with van der Waals surface area (Å²) in [4.78, 5) is 36.8. The fourth-order valence-electron chi connectivity index (χ4n) is 2.61. The van der Waals surface area contributed by atoms with Crippen LogP contribution in [-0.2, 0) is 27.2 Å². The van der Waals surface area contributed by atoms with E-state index in [2.05, 4.69) is 13.2 Å². The highest BCUT2D eigenvalue weighted by atomic mass is 16.4. The predicted octanol–water partition coefficient (Wildman–Crippen LogP) is 3.18. The van der Waals surface area contributed by atoms with Crippen molar-refractivity contribution in [1.82, 2.24) is 0 Å². The third-order valence-electron chi connectivity index (χ3n) is 3.78. The van der Waals surface area contributed by atoms with Crippen LogP contribution in [0.5, 0.6) is 0 Å². The van der Waals surface area contributed by atoms with Gasteiger partial charge in [-0.05, 0) is 30.9 Å². The monoisotopic (exact) mass is 343 g/mol. The van der Waals surface area contributed by atoms with Gasteiger partial charge >= 0.3 is 5.97 Å². The van der Waals surface area contributed by atoms with Gasteiger partial charge < -0.3 is 10.0 Å². The molecule has 0 saturated carbocycles. The zero-order chi connectivity index (χ0) is 19.0. The van der Waals surface area contributed by atoms with Crippen LogP contribution in [-0.4, -0.2) is 29.3 Å². The second-order valence-corrected chi connectivity index (χ2v) is 6.03. The first-order valence-electron chi connectivity index (χ1n) is 8.16. The molecule has 0 bridgehead atoms. The molecule has 25 heavy (non-hydrogen) atoms. The number of Topliss-reactive ketones (excluding diaryl/α,β-unsaturated/α-hetero) is 1. The van der Waals surface area contributed by atoms with Crippen molar-refractivity contribution in [2.24, 2.45) is 5.92 Å². The Morgan fingerprint density at radius 1 is 1.16 bits per heavy atom. The number of hydrogen-bond donors (Lipinski definition) is 1. The average molecular weight is 343 g/mol. The number of benzene rings is 1. The average Bonchev–Trinajstić information content (AvgIpc) is 2.53. The third kappa shape index (κ3) is 5.71. The van der Waals surface area contributed by atoms with E-state index in [9.17, 15) is 19.5 Å². The maximum Gasteiger partial charge on any atom is 0.308 e. The number of carbonyl (C=O) groups excluding carboxylic acids is 2. The van der Waals surface area contributed by atoms with Crippen LogP contribution < -0.4 is 4.90 Å². The van der Waals surface area contributed by atoms with E-state index < -0.39 is 17.8 Å². The molecule has 0 heterocycles. The van der Waals surface area contributed by atoms with Gasteiger partial charge in [-0.3, -0.25) is 14.4 Å². The van der Waals surface area contributed by atoms with Gasteiger partial charge in [0.1, 0.15) is 5.78 Å². The largest absolute Gasteiger partial charge is 0.481 e. The number of amides is 1. The molecule has 1 amide bonds. The summed E-state index contributed by atoms with van der Waals surface area (Å²) in [5, 5.41) is 9.25. The second-order valence-electron chi connectivity index (χ2n) is 6.03. The lowest BCUT2D eigenvalue weighted by molar-refractivity contribution is -0.140. The van der Waals surface area contributed by atoms with E-state index in [-0.39, 0.29) is 18.7 Å². The number of anilines is 1. The molecule has 0 spiro atoms. The van der Waals surface area contributed by atoms with Gasteiger partial charge in [0.25, 0.3) is 0 Å². The van der Waals surface area contributed by atoms with Gasteiger partial charge in [-0.25, -0.2) is 0 Å². The highest BCUT2D eigenvalue weighted by Gasteiger charge is 2.26. The first kappa shape index (κ1) is 20.4. The van der Waals surface area contributed by atoms with E-state index in [1.165, 1.54) is 11.8 Å². The van der Waals surface area contributed by atoms with Gasteiger partial charge in [0.2, 0.25) is 5.91 Å². The Bertz CT molecular complexity index is 650. The summed E-state index contributed by atoms with van der Waals surface area (Å²) < 4.78 is 0. The molecular formula is C20H25NO4. The Morgan fingerprint density at radius 2 is 1.68 bits per heavy atom. The number of carbonyl (C=O) groups is 3. The fraction of sp³-hybridized carbons (Fsp3) is 0.350. The highest BCUT2D eigenvalue weighted by molar-refractivity contribution is 6.06. The molecule has 134 valence electrons. The molecule has 1 aromatic carbocycles. The number of para-hydroxylation sites is 1. The maximum absolute atomic E-state index is 12.7. The van der Waals surface area contributed by atoms with Gasteiger partial charge in [0.05, 0.1) is 18.0 Å². The SMILES string of the molecule is C=CCc1cccc(CC=C)c1N(CC(C)C(=O)O)C(=O)CC(C)=O. The van der Waals surface area contributed by atoms with Crippen molar-refractivity contribution in [2.75, 3.05) is 11.4 Å². The lowest BCUT2D eigenvalue weighted by Crippen LogP contribution is -2.39. The van der Waals surface area contributed by atoms with E-state index in [1.54, 1.807) is 19.1 Å². The summed E-state index contributed by atoms with van der Waals surface area (Å²) in [6.07, 6.45) is 4.26. The number of carboxylic acid groups (broad SMARTS) is 1. The van der Waals surface area contributed by atoms with Crippen molar-refractivity contribution >= 4 is 23.3 Å². The number of rotatable bonds is 10. The minimum Gasteiger partial charge on any atom is -0.481 e. The molecule has 5 heteroatoms. The number of nitrogens with zero attached hydrogens (tertiary/aromatic N) is 1. The molecule has 0 aromatic heterocycles. The molecule has 0 aliphatic carbocycles. The molecule has 0 aliphatic heterocycles. The van der Waals surface area contributed by atoms with Crippen LogP contribution in [0.15, 0.2) is 43.5 Å². The number of carboxylic acids is 1. The number of allylic oxidation sites excluding steroid dienone is 2. The molecule has 1 aromatic rings. The summed E-state index contributed by atoms with van der Waals surface area (Å²) >= 11 is 0. The van der Waals surface area contributed by atoms with Crippen LogP contribution in [0.2, 0.25) is 0 Å². The quantitative estimate of drug-likeness (QED) is 0.523. The standard InChI is InChI=1S/C20H25NO4/c1-5-8-16-10-7-11-17(9-6-2)19(16)21(13-14(3)20(24)25)18(23)12-15(4)22/h5-7,10-11,14H,1-2,8-9,12-13H2,3-4H3,(H,24,25). The van der Waals surface area contributed by atoms with Crippen LogP contribution in [0.4, 0.5) is 5.69 Å². The third-order valence-corrected chi connectivity index (χ3v) is 3.78. The molecule has 1 N–H and O–H groups in total. The number of hydrogen-bond acceptors (Lipinski definition) is 3. The molecule has 1 atom stereocenters. The van der Waals surface area contributed by atoms with Crippen molar-refractivity contribution < 1.29 is 19.5 Å². The topological polar surface area (TPSA) is 74.7 Å². The van der Waals surface area contributed by atoms with Crippen LogP contribution in [0.3, 0.4) is 0 Å². The van der Waals surface area contributed by atoms with E-state index in [0.717, 1.165) is 11.1 Å². The van der Waals surface area contributed by atoms with Crippen LogP contribution in [0, 0.1) is 5.92 Å². The lowest BCUT2D eigenvalue weighted by atomic mass is 9.99. The van der Waals surface area contributed by atoms with Gasteiger partial charge in [0.15, 0.2) is 0 Å². The van der Waals surface area contributed by atoms with Crippen molar-refractivity contribution in [2.45, 2.75) is 33.1 Å². The molecule has 0 fully saturated rings. The minimum absolute atomic E-state index is 0.000252. The lowest BCUT2D eigenvalue weighted by Gasteiger charge is -2.29. The predicted molar refractivity (Wildman–Crippen MR) is 98.7 cm³/mol. The Balaban J connectivity index is 3.47. The number of aliphatic carboxylic acids is 1. The smallest absolute Gasteiger partial charge is 0.308 e. The van der Waals surface area contributed by atoms with Gasteiger partial charge in [-0.2, -0.15) is 0 Å². The van der Waals surface area contributed by atoms with Gasteiger partial charge in [-0.1, -0.05) is 37.3 Å². The molecule has 1 unspecified atom stereocenters. The summed E-state index contributed by atoms with van der Waals surface area (Å²) in [5.74, 6) is -2.41. The zero-order valence-corrected chi connectivity index (χ0v) is 14.8. The van der Waals surface area contributed by atoms with Crippen molar-refractivity contribution in [1.29, 1.82) is 0 Å². The molecular weight excluding hydrogens is 318 g/mol. The van der Waals surface area contributed by atoms with Crippen molar-refractivity contribution in [3.63, 3.8) is 0 Å².